The summed E-state index contributed by atoms with van der Waals surface area (Å²) in [6.07, 6.45) is 4.05. The van der Waals surface area contributed by atoms with Crippen molar-refractivity contribution < 1.29 is 14.3 Å². The molecule has 5 nitrogen and oxygen atoms in total. The molecule has 0 saturated heterocycles. The van der Waals surface area contributed by atoms with E-state index in [4.69, 9.17) is 9.47 Å². The lowest BCUT2D eigenvalue weighted by Gasteiger charge is -2.28. The summed E-state index contributed by atoms with van der Waals surface area (Å²) in [6.45, 7) is 5.08. The molecule has 0 bridgehead atoms. The summed E-state index contributed by atoms with van der Waals surface area (Å²) in [6, 6.07) is 15.8. The second-order valence-electron chi connectivity index (χ2n) is 6.93. The highest BCUT2D eigenvalue weighted by Gasteiger charge is 2.31. The first kappa shape index (κ1) is 20.6. The van der Waals surface area contributed by atoms with Crippen LogP contribution in [0, 0.1) is 0 Å². The summed E-state index contributed by atoms with van der Waals surface area (Å²) >= 11 is 0. The van der Waals surface area contributed by atoms with E-state index in [0.29, 0.717) is 18.9 Å². The van der Waals surface area contributed by atoms with Crippen LogP contribution >= 0.6 is 0 Å². The highest BCUT2D eigenvalue weighted by Crippen LogP contribution is 2.37. The van der Waals surface area contributed by atoms with Gasteiger partial charge < -0.3 is 15.0 Å². The lowest BCUT2D eigenvalue weighted by molar-refractivity contribution is -0.000776. The SMILES string of the molecule is CCOc1ccccc1C1=CC(N(C)C)C(c2ccccc2OCC)=CC1=[N+]=[N-]. The lowest BCUT2D eigenvalue weighted by Crippen LogP contribution is -2.31. The molecular weight excluding hydrogens is 362 g/mol. The third-order valence-electron chi connectivity index (χ3n) is 4.85. The van der Waals surface area contributed by atoms with Crippen LogP contribution < -0.4 is 9.47 Å². The van der Waals surface area contributed by atoms with Gasteiger partial charge in [0, 0.05) is 17.2 Å². The van der Waals surface area contributed by atoms with Crippen molar-refractivity contribution >= 4 is 16.9 Å². The number of hydrogen-bond donors (Lipinski definition) is 0. The van der Waals surface area contributed by atoms with E-state index in [9.17, 15) is 5.53 Å². The number of rotatable bonds is 7. The summed E-state index contributed by atoms with van der Waals surface area (Å²) < 4.78 is 11.7. The van der Waals surface area contributed by atoms with E-state index >= 15 is 0 Å². The summed E-state index contributed by atoms with van der Waals surface area (Å²) in [5.41, 5.74) is 14.1. The van der Waals surface area contributed by atoms with Crippen molar-refractivity contribution in [3.05, 3.63) is 77.3 Å². The topological polar surface area (TPSA) is 58.1 Å². The molecule has 0 spiro atoms. The van der Waals surface area contributed by atoms with E-state index in [1.165, 1.54) is 0 Å². The minimum Gasteiger partial charge on any atom is -0.493 e. The Kier molecular flexibility index (Phi) is 6.65. The first-order valence-corrected chi connectivity index (χ1v) is 9.87. The van der Waals surface area contributed by atoms with Crippen LogP contribution in [0.15, 0.2) is 60.7 Å². The zero-order valence-corrected chi connectivity index (χ0v) is 17.4. The summed E-state index contributed by atoms with van der Waals surface area (Å²) in [5, 5.41) is 0. The van der Waals surface area contributed by atoms with Gasteiger partial charge >= 0.3 is 5.71 Å². The van der Waals surface area contributed by atoms with Gasteiger partial charge in [-0.25, -0.2) is 0 Å². The van der Waals surface area contributed by atoms with Gasteiger partial charge in [-0.2, -0.15) is 4.79 Å². The predicted octanol–water partition coefficient (Wildman–Crippen LogP) is 4.57. The Labute approximate surface area is 172 Å². The van der Waals surface area contributed by atoms with Crippen molar-refractivity contribution in [2.24, 2.45) is 0 Å². The number of benzene rings is 2. The first-order chi connectivity index (χ1) is 14.1. The van der Waals surface area contributed by atoms with Gasteiger partial charge in [0.2, 0.25) is 0 Å². The molecule has 29 heavy (non-hydrogen) atoms. The number of ether oxygens (including phenoxy) is 2. The maximum Gasteiger partial charge on any atom is 0.323 e. The number of likely N-dealkylation sites (N-methyl/N-ethyl adjacent to an activating group) is 1. The van der Waals surface area contributed by atoms with Gasteiger partial charge in [0.1, 0.15) is 11.5 Å². The van der Waals surface area contributed by atoms with Crippen LogP contribution in [0.1, 0.15) is 25.0 Å². The summed E-state index contributed by atoms with van der Waals surface area (Å²) in [5.74, 6) is 1.59. The van der Waals surface area contributed by atoms with Gasteiger partial charge in [-0.1, -0.05) is 36.4 Å². The Morgan fingerprint density at radius 2 is 1.45 bits per heavy atom. The predicted molar refractivity (Wildman–Crippen MR) is 117 cm³/mol. The molecule has 150 valence electrons. The van der Waals surface area contributed by atoms with Crippen LogP contribution in [0.2, 0.25) is 0 Å². The molecule has 2 aromatic rings. The quantitative estimate of drug-likeness (QED) is 0.515. The van der Waals surface area contributed by atoms with Crippen molar-refractivity contribution in [1.82, 2.24) is 4.90 Å². The van der Waals surface area contributed by atoms with E-state index in [1.54, 1.807) is 0 Å². The van der Waals surface area contributed by atoms with E-state index in [-0.39, 0.29) is 6.04 Å². The van der Waals surface area contributed by atoms with Crippen molar-refractivity contribution in [2.75, 3.05) is 27.3 Å². The van der Waals surface area contributed by atoms with Crippen LogP contribution in [0.3, 0.4) is 0 Å². The number of allylic oxidation sites excluding steroid dienone is 2. The van der Waals surface area contributed by atoms with E-state index in [2.05, 4.69) is 15.8 Å². The molecule has 1 atom stereocenters. The average Bonchev–Trinajstić information content (AvgIpc) is 2.74. The Morgan fingerprint density at radius 3 is 2.00 bits per heavy atom. The van der Waals surface area contributed by atoms with Gasteiger partial charge in [-0.3, -0.25) is 4.90 Å². The number of nitrogens with zero attached hydrogens (tertiary/aromatic N) is 3. The smallest absolute Gasteiger partial charge is 0.323 e. The van der Waals surface area contributed by atoms with E-state index < -0.39 is 0 Å². The Hall–Kier alpha value is -3.14. The Morgan fingerprint density at radius 1 is 0.897 bits per heavy atom. The maximum atomic E-state index is 9.82. The fourth-order valence-corrected chi connectivity index (χ4v) is 3.58. The van der Waals surface area contributed by atoms with Gasteiger partial charge in [0.15, 0.2) is 0 Å². The van der Waals surface area contributed by atoms with Gasteiger partial charge in [-0.05, 0) is 51.7 Å². The third-order valence-corrected chi connectivity index (χ3v) is 4.85. The third kappa shape index (κ3) is 4.32. The summed E-state index contributed by atoms with van der Waals surface area (Å²) in [7, 11) is 4.07. The zero-order chi connectivity index (χ0) is 20.8. The highest BCUT2D eigenvalue weighted by molar-refractivity contribution is 6.30. The van der Waals surface area contributed by atoms with Crippen molar-refractivity contribution in [3.63, 3.8) is 0 Å². The maximum absolute atomic E-state index is 9.82. The van der Waals surface area contributed by atoms with Crippen LogP contribution in [0.25, 0.3) is 16.7 Å². The standard InChI is InChI=1S/C24H27N3O2/c1-5-28-23-13-9-7-11-17(23)19-16-22(27(3)4)20(15-21(19)26-25)18-12-8-10-14-24(18)29-6-2/h7-16,22H,5-6H2,1-4H3. The largest absolute Gasteiger partial charge is 0.493 e. The molecular formula is C24H27N3O2. The normalized spacial score (nSPS) is 16.2. The van der Waals surface area contributed by atoms with Gasteiger partial charge in [0.25, 0.3) is 0 Å². The number of para-hydroxylation sites is 2. The van der Waals surface area contributed by atoms with Crippen molar-refractivity contribution in [1.29, 1.82) is 0 Å². The number of hydrogen-bond acceptors (Lipinski definition) is 3. The molecule has 1 aliphatic carbocycles. The van der Waals surface area contributed by atoms with Gasteiger partial charge in [0.05, 0.1) is 24.8 Å². The molecule has 0 amide bonds. The molecule has 0 aromatic heterocycles. The Balaban J connectivity index is 2.15. The molecule has 0 N–H and O–H groups in total. The second kappa shape index (κ2) is 9.37. The minimum absolute atomic E-state index is 0.0215. The first-order valence-electron chi connectivity index (χ1n) is 9.87. The molecule has 0 aliphatic heterocycles. The average molecular weight is 389 g/mol. The minimum atomic E-state index is -0.0215. The molecule has 3 rings (SSSR count). The molecule has 0 saturated carbocycles. The molecule has 0 heterocycles. The second-order valence-corrected chi connectivity index (χ2v) is 6.93. The molecule has 1 aliphatic rings. The molecule has 0 fully saturated rings. The fraction of sp³-hybridized carbons (Fsp3) is 0.292. The van der Waals surface area contributed by atoms with Gasteiger partial charge in [-0.15, -0.1) is 0 Å². The van der Waals surface area contributed by atoms with Crippen LogP contribution in [0.5, 0.6) is 11.5 Å². The highest BCUT2D eigenvalue weighted by atomic mass is 16.5. The van der Waals surface area contributed by atoms with Crippen molar-refractivity contribution in [2.45, 2.75) is 19.9 Å². The van der Waals surface area contributed by atoms with Crippen LogP contribution in [0.4, 0.5) is 0 Å². The fourth-order valence-electron chi connectivity index (χ4n) is 3.58. The lowest BCUT2D eigenvalue weighted by atomic mass is 9.85. The van der Waals surface area contributed by atoms with E-state index in [0.717, 1.165) is 33.8 Å². The van der Waals surface area contributed by atoms with Crippen LogP contribution in [-0.2, 0) is 0 Å². The molecule has 5 heteroatoms. The molecule has 1 unspecified atom stereocenters. The molecule has 0 radical (unpaired) electrons. The van der Waals surface area contributed by atoms with E-state index in [1.807, 2.05) is 82.5 Å². The summed E-state index contributed by atoms with van der Waals surface area (Å²) in [4.78, 5) is 5.74. The molecule has 2 aromatic carbocycles. The van der Waals surface area contributed by atoms with Crippen LogP contribution in [-0.4, -0.2) is 48.8 Å². The monoisotopic (exact) mass is 389 g/mol. The zero-order valence-electron chi connectivity index (χ0n) is 17.4. The van der Waals surface area contributed by atoms with Crippen molar-refractivity contribution in [3.8, 4) is 11.5 Å². The Bertz CT molecular complexity index is 985.